The topological polar surface area (TPSA) is 194 Å². The van der Waals surface area contributed by atoms with Crippen LogP contribution in [0.25, 0.3) is 17.2 Å². The number of rotatable bonds is 7. The molecule has 4 fully saturated rings. The molecular weight excluding hydrogens is 961 g/mol. The minimum absolute atomic E-state index is 0.0354. The first kappa shape index (κ1) is 48.8. The van der Waals surface area contributed by atoms with Gasteiger partial charge in [-0.3, -0.25) is 9.59 Å². The summed E-state index contributed by atoms with van der Waals surface area (Å²) in [7, 11) is 3.76. The number of fused-ring (bicyclic) bond motifs is 11. The lowest BCUT2D eigenvalue weighted by molar-refractivity contribution is -0.142. The fourth-order valence-corrected chi connectivity index (χ4v) is 16.6. The van der Waals surface area contributed by atoms with Crippen LogP contribution in [0.15, 0.2) is 53.8 Å². The summed E-state index contributed by atoms with van der Waals surface area (Å²) in [6.45, 7) is 1.20. The number of hydrogen-bond acceptors (Lipinski definition) is 15. The number of Topliss-reactive ketones (excluding diaryl/α,β-unsaturated/α-hetero) is 1. The summed E-state index contributed by atoms with van der Waals surface area (Å²) < 4.78 is 27.0. The van der Waals surface area contributed by atoms with Crippen LogP contribution in [-0.2, 0) is 39.1 Å². The second-order valence-corrected chi connectivity index (χ2v) is 24.5. The van der Waals surface area contributed by atoms with Gasteiger partial charge in [-0.2, -0.15) is 0 Å². The Morgan fingerprint density at radius 1 is 1.03 bits per heavy atom. The summed E-state index contributed by atoms with van der Waals surface area (Å²) in [5, 5.41) is 45.6. The highest BCUT2D eigenvalue weighted by atomic mass is 33.1. The predicted octanol–water partition coefficient (Wildman–Crippen LogP) is 8.40. The molecule has 3 aromatic carbocycles. The minimum atomic E-state index is -0.729. The van der Waals surface area contributed by atoms with Gasteiger partial charge in [0.1, 0.15) is 41.8 Å². The van der Waals surface area contributed by atoms with Crippen molar-refractivity contribution in [3.8, 4) is 51.7 Å². The maximum atomic E-state index is 13.0. The van der Waals surface area contributed by atoms with Crippen molar-refractivity contribution in [2.75, 3.05) is 24.9 Å². The molecule has 0 amide bonds. The number of aliphatic hydroxyl groups is 1. The third-order valence-corrected chi connectivity index (χ3v) is 19.9. The zero-order chi connectivity index (χ0) is 50.0. The van der Waals surface area contributed by atoms with E-state index in [0.29, 0.717) is 79.0 Å². The lowest BCUT2D eigenvalue weighted by Gasteiger charge is -2.39. The normalized spacial score (nSPS) is 29.9. The van der Waals surface area contributed by atoms with Gasteiger partial charge < -0.3 is 56.0 Å². The molecule has 4 aliphatic carbocycles. The number of dihydropyridines is 1. The van der Waals surface area contributed by atoms with E-state index >= 15 is 0 Å². The summed E-state index contributed by atoms with van der Waals surface area (Å²) in [4.78, 5) is 25.4. The van der Waals surface area contributed by atoms with Crippen molar-refractivity contribution >= 4 is 39.4 Å². The van der Waals surface area contributed by atoms with E-state index in [9.17, 15) is 24.9 Å². The number of aromatic hydroxyl groups is 2. The average Bonchev–Trinajstić information content (AvgIpc) is 3.88. The maximum absolute atomic E-state index is 13.0. The van der Waals surface area contributed by atoms with Gasteiger partial charge in [-0.15, -0.1) is 0 Å². The molecule has 1 spiro atoms. The number of nitrogens with two attached hydrogens (primary N) is 1. The van der Waals surface area contributed by atoms with Gasteiger partial charge in [-0.25, -0.2) is 0 Å². The van der Waals surface area contributed by atoms with Crippen LogP contribution in [-0.4, -0.2) is 82.4 Å². The number of ketones is 1. The van der Waals surface area contributed by atoms with Crippen LogP contribution in [0.4, 0.5) is 0 Å². The predicted molar refractivity (Wildman–Crippen MR) is 283 cm³/mol. The van der Waals surface area contributed by atoms with Crippen molar-refractivity contribution in [3.05, 3.63) is 92.7 Å². The molecule has 8 N–H and O–H groups in total. The quantitative estimate of drug-likeness (QED) is 0.0516. The van der Waals surface area contributed by atoms with Gasteiger partial charge >= 0.3 is 5.97 Å². The highest BCUT2D eigenvalue weighted by Gasteiger charge is 2.52. The number of carbonyl (C=O) groups excluding carboxylic acids is 2. The Bertz CT molecular complexity index is 2880. The number of phenols is 2. The van der Waals surface area contributed by atoms with Gasteiger partial charge in [0, 0.05) is 101 Å². The second-order valence-electron chi connectivity index (χ2n) is 21.9. The lowest BCUT2D eigenvalue weighted by atomic mass is 9.65. The molecule has 3 saturated carbocycles. The highest BCUT2D eigenvalue weighted by Crippen LogP contribution is 2.63. The molecule has 9 unspecified atom stereocenters. The number of hydrogen-bond donors (Lipinski definition) is 7. The van der Waals surface area contributed by atoms with Gasteiger partial charge in [0.25, 0.3) is 0 Å². The number of esters is 1. The zero-order valence-electron chi connectivity index (χ0n) is 41.4. The van der Waals surface area contributed by atoms with Crippen molar-refractivity contribution in [3.63, 3.8) is 0 Å². The van der Waals surface area contributed by atoms with E-state index in [1.807, 2.05) is 33.7 Å². The molecule has 13 nitrogen and oxygen atoms in total. The largest absolute Gasteiger partial charge is 0.508 e. The summed E-state index contributed by atoms with van der Waals surface area (Å²) in [6, 6.07) is 7.90. The number of ether oxygens (including phenoxy) is 4. The molecule has 5 heterocycles. The molecule has 6 bridgehead atoms. The van der Waals surface area contributed by atoms with E-state index in [4.69, 9.17) is 24.7 Å². The van der Waals surface area contributed by atoms with Gasteiger partial charge in [0.2, 0.25) is 0 Å². The zero-order valence-corrected chi connectivity index (χ0v) is 43.1. The Morgan fingerprint density at radius 3 is 2.74 bits per heavy atom. The minimum Gasteiger partial charge on any atom is -0.508 e. The van der Waals surface area contributed by atoms with E-state index in [-0.39, 0.29) is 54.4 Å². The standard InChI is InChI=1S/C58H66N4O9S2/c1-31(64)68-27-45-41-13-14-42-51-35(22-39(66)23-48(51)69-30-63)25-58-19-18-32(24-58)20-34-8-17-50(59)62-46(34)7-3-6-40-44(26-60-36-9-11-38(65)12-10-36)54(67)57-43(52(40)55(45)71-56(41)53(42)58)15-16-47-49(70-57)29-73-72-28-33-4-2-5-37(21-33)61-47/h8,13-17,22-23,32-33,36-37,45,47,49-50,55,60-63,66-67H,2,4-6,9-12,18-21,24-30,59H2,1H3. The van der Waals surface area contributed by atoms with Crippen molar-refractivity contribution in [1.82, 2.24) is 16.0 Å². The molecule has 384 valence electrons. The van der Waals surface area contributed by atoms with E-state index in [0.717, 1.165) is 100 Å². The molecular formula is C58H66N4O9S2. The van der Waals surface area contributed by atoms with Gasteiger partial charge in [-0.1, -0.05) is 64.3 Å². The summed E-state index contributed by atoms with van der Waals surface area (Å²) in [6.07, 6.45) is 18.4. The maximum Gasteiger partial charge on any atom is 0.302 e. The van der Waals surface area contributed by atoms with Crippen LogP contribution >= 0.6 is 21.6 Å². The Morgan fingerprint density at radius 2 is 1.89 bits per heavy atom. The van der Waals surface area contributed by atoms with Crippen LogP contribution < -0.4 is 35.9 Å². The number of phenolic OH excluding ortho intramolecular Hbond substituents is 2. The third kappa shape index (κ3) is 9.32. The van der Waals surface area contributed by atoms with Gasteiger partial charge in [-0.05, 0) is 116 Å². The second kappa shape index (κ2) is 20.2. The molecule has 0 aromatic heterocycles. The van der Waals surface area contributed by atoms with Crippen molar-refractivity contribution < 1.29 is 43.9 Å². The Labute approximate surface area is 435 Å². The van der Waals surface area contributed by atoms with E-state index in [1.54, 1.807) is 6.07 Å². The van der Waals surface area contributed by atoms with Crippen molar-refractivity contribution in [1.29, 1.82) is 0 Å². The number of aliphatic hydroxyl groups excluding tert-OH is 1. The van der Waals surface area contributed by atoms with Crippen molar-refractivity contribution in [2.45, 2.75) is 151 Å². The molecule has 9 atom stereocenters. The first-order valence-electron chi connectivity index (χ1n) is 26.5. The molecule has 1 saturated heterocycles. The highest BCUT2D eigenvalue weighted by molar-refractivity contribution is 8.76. The SMILES string of the molecule is CC(=O)OCC1c2ccc3c4c2OC1c1c2c(c(O)c(CNC5CCC(=O)CC5)c1CC#CC1=C(C=CC(N)N1)CC1CCC4(Cc4cc(O)cc(OCO)c4-3)C1)OC1CSSCC3CCCC(C3)NC1C=C2. The Kier molecular flexibility index (Phi) is 13.5. The molecule has 9 aliphatic rings. The van der Waals surface area contributed by atoms with Gasteiger partial charge in [0.15, 0.2) is 18.3 Å². The smallest absolute Gasteiger partial charge is 0.302 e. The molecule has 0 radical (unpaired) electrons. The van der Waals surface area contributed by atoms with Crippen molar-refractivity contribution in [2.24, 2.45) is 17.6 Å². The third-order valence-electron chi connectivity index (χ3n) is 17.3. The number of allylic oxidation sites excluding steroid dienone is 3. The van der Waals surface area contributed by atoms with Crippen LogP contribution in [0.5, 0.6) is 28.7 Å². The van der Waals surface area contributed by atoms with E-state index in [2.05, 4.69) is 58.2 Å². The van der Waals surface area contributed by atoms with Crippen LogP contribution in [0.2, 0.25) is 0 Å². The van der Waals surface area contributed by atoms with E-state index < -0.39 is 36.4 Å². The first-order valence-corrected chi connectivity index (χ1v) is 29.0. The van der Waals surface area contributed by atoms with Crippen LogP contribution in [0.1, 0.15) is 135 Å². The number of carbonyl (C=O) groups is 2. The number of nitrogens with one attached hydrogen (secondary N) is 3. The molecule has 3 aromatic rings. The lowest BCUT2D eigenvalue weighted by Crippen LogP contribution is -2.49. The fraction of sp³-hybridized carbons (Fsp3) is 0.517. The van der Waals surface area contributed by atoms with Crippen LogP contribution in [0.3, 0.4) is 0 Å². The first-order chi connectivity index (χ1) is 35.5. The Hall–Kier alpha value is -5.08. The Balaban J connectivity index is 1.10. The van der Waals surface area contributed by atoms with Crippen LogP contribution in [0, 0.1) is 23.7 Å². The average molecular weight is 1030 g/mol. The van der Waals surface area contributed by atoms with Gasteiger partial charge in [0.05, 0.1) is 23.8 Å². The monoisotopic (exact) mass is 1030 g/mol. The summed E-state index contributed by atoms with van der Waals surface area (Å²) >= 11 is 0. The number of benzene rings is 3. The molecule has 15 heteroatoms. The molecule has 12 rings (SSSR count). The van der Waals surface area contributed by atoms with E-state index in [1.165, 1.54) is 19.8 Å². The summed E-state index contributed by atoms with van der Waals surface area (Å²) in [5.41, 5.74) is 15.7. The molecule has 73 heavy (non-hydrogen) atoms. The molecule has 5 aliphatic heterocycles. The summed E-state index contributed by atoms with van der Waals surface area (Å²) in [5.74, 6) is 10.9. The fourth-order valence-electron chi connectivity index (χ4n) is 14.0.